The molecule has 2 fully saturated rings. The lowest BCUT2D eigenvalue weighted by atomic mass is 9.98. The first-order valence-electron chi connectivity index (χ1n) is 11.3. The fourth-order valence-corrected chi connectivity index (χ4v) is 5.59. The number of nitrogens with one attached hydrogen (secondary N) is 1. The van der Waals surface area contributed by atoms with Crippen molar-refractivity contribution >= 4 is 21.7 Å². The van der Waals surface area contributed by atoms with Crippen molar-refractivity contribution in [1.82, 2.24) is 14.3 Å². The van der Waals surface area contributed by atoms with Crippen molar-refractivity contribution in [3.63, 3.8) is 0 Å². The summed E-state index contributed by atoms with van der Waals surface area (Å²) in [5.74, 6) is -1.02. The maximum Gasteiger partial charge on any atom is 0.416 e. The Balaban J connectivity index is 1.47. The molecular formula is C22H27F4N5O3S. The number of piperidine rings is 1. The highest BCUT2D eigenvalue weighted by molar-refractivity contribution is 7.88. The molecule has 0 amide bonds. The van der Waals surface area contributed by atoms with Gasteiger partial charge >= 0.3 is 6.18 Å². The summed E-state index contributed by atoms with van der Waals surface area (Å²) in [6.07, 6.45) is 0.267. The number of rotatable bonds is 6. The Hall–Kier alpha value is -2.67. The summed E-state index contributed by atoms with van der Waals surface area (Å²) in [5, 5.41) is 13.3. The molecule has 8 nitrogen and oxygen atoms in total. The van der Waals surface area contributed by atoms with E-state index in [2.05, 4.69) is 15.3 Å². The Morgan fingerprint density at radius 1 is 1.14 bits per heavy atom. The molecule has 0 spiro atoms. The second-order valence-electron chi connectivity index (χ2n) is 8.97. The van der Waals surface area contributed by atoms with E-state index in [9.17, 15) is 26.7 Å². The lowest BCUT2D eigenvalue weighted by Crippen LogP contribution is -2.39. The molecule has 0 aliphatic carbocycles. The fraction of sp³-hybridized carbons (Fsp3) is 0.545. The zero-order valence-corrected chi connectivity index (χ0v) is 19.9. The molecule has 2 N–H and O–H groups in total. The molecule has 1 aromatic carbocycles. The van der Waals surface area contributed by atoms with E-state index in [1.807, 2.05) is 0 Å². The SMILES string of the molecule is CS(=O)(=O)N1CCC(CNc2ncnc(N3CCCC3c3ccc(C(F)(F)F)cc3O)c2F)CC1. The number of anilines is 2. The average molecular weight is 518 g/mol. The number of aromatic nitrogens is 2. The molecule has 2 aliphatic heterocycles. The second kappa shape index (κ2) is 9.76. The van der Waals surface area contributed by atoms with Crippen molar-refractivity contribution < 1.29 is 31.1 Å². The van der Waals surface area contributed by atoms with Gasteiger partial charge in [-0.05, 0) is 43.7 Å². The highest BCUT2D eigenvalue weighted by atomic mass is 32.2. The third-order valence-electron chi connectivity index (χ3n) is 6.61. The summed E-state index contributed by atoms with van der Waals surface area (Å²) in [7, 11) is -3.23. The van der Waals surface area contributed by atoms with Gasteiger partial charge in [-0.25, -0.2) is 22.7 Å². The van der Waals surface area contributed by atoms with Gasteiger partial charge in [0.1, 0.15) is 12.1 Å². The smallest absolute Gasteiger partial charge is 0.416 e. The van der Waals surface area contributed by atoms with Crippen LogP contribution in [0.15, 0.2) is 24.5 Å². The molecule has 0 saturated carbocycles. The average Bonchev–Trinajstić information content (AvgIpc) is 3.26. The van der Waals surface area contributed by atoms with Crippen LogP contribution in [0.2, 0.25) is 0 Å². The minimum Gasteiger partial charge on any atom is -0.508 e. The summed E-state index contributed by atoms with van der Waals surface area (Å²) in [4.78, 5) is 9.71. The van der Waals surface area contributed by atoms with Crippen molar-refractivity contribution in [2.45, 2.75) is 37.9 Å². The summed E-state index contributed by atoms with van der Waals surface area (Å²) in [5.41, 5.74) is -0.675. The zero-order valence-electron chi connectivity index (χ0n) is 19.1. The van der Waals surface area contributed by atoms with Crippen LogP contribution in [0.1, 0.15) is 42.9 Å². The van der Waals surface area contributed by atoms with Crippen LogP contribution in [0.5, 0.6) is 5.75 Å². The third-order valence-corrected chi connectivity index (χ3v) is 7.92. The number of hydrogen-bond donors (Lipinski definition) is 2. The third kappa shape index (κ3) is 5.61. The number of nitrogens with zero attached hydrogens (tertiary/aromatic N) is 4. The lowest BCUT2D eigenvalue weighted by molar-refractivity contribution is -0.137. The maximum atomic E-state index is 15.4. The van der Waals surface area contributed by atoms with Gasteiger partial charge in [0.25, 0.3) is 0 Å². The van der Waals surface area contributed by atoms with E-state index in [0.29, 0.717) is 57.9 Å². The second-order valence-corrected chi connectivity index (χ2v) is 11.0. The summed E-state index contributed by atoms with van der Waals surface area (Å²) < 4.78 is 79.0. The van der Waals surface area contributed by atoms with E-state index < -0.39 is 39.4 Å². The molecule has 1 aromatic heterocycles. The van der Waals surface area contributed by atoms with E-state index in [0.717, 1.165) is 6.07 Å². The highest BCUT2D eigenvalue weighted by Crippen LogP contribution is 2.42. The number of halogens is 4. The highest BCUT2D eigenvalue weighted by Gasteiger charge is 2.35. The standard InChI is InChI=1S/C22H27F4N5O3S/c1-35(33,34)30-9-6-14(7-10-30)12-27-20-19(23)21(29-13-28-20)31-8-2-3-17(31)16-5-4-15(11-18(16)32)22(24,25)26/h4-5,11,13-14,17,32H,2-3,6-10,12H2,1H3,(H,27,28,29). The van der Waals surface area contributed by atoms with Crippen LogP contribution in [-0.4, -0.2) is 60.2 Å². The van der Waals surface area contributed by atoms with E-state index in [1.54, 1.807) is 4.90 Å². The van der Waals surface area contributed by atoms with E-state index in [1.165, 1.54) is 23.0 Å². The van der Waals surface area contributed by atoms with Crippen LogP contribution in [0.4, 0.5) is 29.2 Å². The van der Waals surface area contributed by atoms with Crippen molar-refractivity contribution in [2.75, 3.05) is 42.7 Å². The van der Waals surface area contributed by atoms with Gasteiger partial charge in [0.2, 0.25) is 15.8 Å². The van der Waals surface area contributed by atoms with Gasteiger partial charge in [0.15, 0.2) is 11.6 Å². The minimum atomic E-state index is -4.58. The first-order chi connectivity index (χ1) is 16.4. The predicted octanol–water partition coefficient (Wildman–Crippen LogP) is 3.77. The number of phenols is 1. The van der Waals surface area contributed by atoms with Crippen molar-refractivity contribution in [3.8, 4) is 5.75 Å². The van der Waals surface area contributed by atoms with E-state index in [4.69, 9.17) is 0 Å². The van der Waals surface area contributed by atoms with Crippen LogP contribution < -0.4 is 10.2 Å². The molecule has 2 aromatic rings. The van der Waals surface area contributed by atoms with Crippen LogP contribution in [0.3, 0.4) is 0 Å². The first kappa shape index (κ1) is 25.4. The predicted molar refractivity (Wildman–Crippen MR) is 122 cm³/mol. The Labute approximate surface area is 201 Å². The van der Waals surface area contributed by atoms with Crippen LogP contribution >= 0.6 is 0 Å². The summed E-state index contributed by atoms with van der Waals surface area (Å²) in [6, 6.07) is 2.28. The molecule has 2 saturated heterocycles. The Kier molecular flexibility index (Phi) is 7.09. The molecular weight excluding hydrogens is 490 g/mol. The topological polar surface area (TPSA) is 98.7 Å². The monoisotopic (exact) mass is 517 g/mol. The largest absolute Gasteiger partial charge is 0.508 e. The molecule has 1 atom stereocenters. The zero-order chi connectivity index (χ0) is 25.4. The van der Waals surface area contributed by atoms with Crippen molar-refractivity contribution in [3.05, 3.63) is 41.5 Å². The number of benzene rings is 1. The Bertz CT molecular complexity index is 1170. The van der Waals surface area contributed by atoms with Gasteiger partial charge in [-0.3, -0.25) is 0 Å². The number of hydrogen-bond acceptors (Lipinski definition) is 7. The molecule has 1 unspecified atom stereocenters. The van der Waals surface area contributed by atoms with Gasteiger partial charge < -0.3 is 15.3 Å². The van der Waals surface area contributed by atoms with Crippen molar-refractivity contribution in [2.24, 2.45) is 5.92 Å². The minimum absolute atomic E-state index is 0.00262. The normalized spacial score (nSPS) is 20.4. The molecule has 0 bridgehead atoms. The molecule has 3 heterocycles. The molecule has 4 rings (SSSR count). The van der Waals surface area contributed by atoms with Gasteiger partial charge in [-0.2, -0.15) is 17.6 Å². The van der Waals surface area contributed by atoms with Gasteiger partial charge in [0, 0.05) is 31.7 Å². The van der Waals surface area contributed by atoms with Gasteiger partial charge in [-0.15, -0.1) is 0 Å². The maximum absolute atomic E-state index is 15.4. The van der Waals surface area contributed by atoms with Gasteiger partial charge in [-0.1, -0.05) is 6.07 Å². The number of sulfonamides is 1. The molecule has 35 heavy (non-hydrogen) atoms. The number of alkyl halides is 3. The van der Waals surface area contributed by atoms with Gasteiger partial charge in [0.05, 0.1) is 17.9 Å². The summed E-state index contributed by atoms with van der Waals surface area (Å²) in [6.45, 7) is 1.65. The Morgan fingerprint density at radius 2 is 1.86 bits per heavy atom. The molecule has 192 valence electrons. The van der Waals surface area contributed by atoms with Crippen LogP contribution in [0.25, 0.3) is 0 Å². The number of aromatic hydroxyl groups is 1. The summed E-state index contributed by atoms with van der Waals surface area (Å²) >= 11 is 0. The van der Waals surface area contributed by atoms with Crippen LogP contribution in [-0.2, 0) is 16.2 Å². The van der Waals surface area contributed by atoms with E-state index in [-0.39, 0.29) is 23.1 Å². The molecule has 0 radical (unpaired) electrons. The van der Waals surface area contributed by atoms with E-state index >= 15 is 4.39 Å². The molecule has 2 aliphatic rings. The quantitative estimate of drug-likeness (QED) is 0.563. The first-order valence-corrected chi connectivity index (χ1v) is 13.2. The molecule has 13 heteroatoms. The number of phenolic OH excluding ortho intramolecular Hbond substituents is 1. The van der Waals surface area contributed by atoms with Crippen LogP contribution in [0, 0.1) is 11.7 Å². The fourth-order valence-electron chi connectivity index (χ4n) is 4.72. The van der Waals surface area contributed by atoms with Crippen molar-refractivity contribution in [1.29, 1.82) is 0 Å². The lowest BCUT2D eigenvalue weighted by Gasteiger charge is -2.30. The Morgan fingerprint density at radius 3 is 2.49 bits per heavy atom.